The smallest absolute Gasteiger partial charge is 0.336 e. The van der Waals surface area contributed by atoms with Gasteiger partial charge in [0.15, 0.2) is 6.40 Å². The summed E-state index contributed by atoms with van der Waals surface area (Å²) in [5.74, 6) is -0.524. The van der Waals surface area contributed by atoms with Gasteiger partial charge in [-0.05, 0) is 67.8 Å². The zero-order valence-electron chi connectivity index (χ0n) is 19.9. The molecular weight excluding hydrogens is 458 g/mol. The van der Waals surface area contributed by atoms with Gasteiger partial charge >= 0.3 is 5.97 Å². The first-order valence-corrected chi connectivity index (χ1v) is 12.2. The van der Waals surface area contributed by atoms with Gasteiger partial charge in [0, 0.05) is 30.4 Å². The van der Waals surface area contributed by atoms with Crippen molar-refractivity contribution in [2.45, 2.75) is 20.8 Å². The minimum Gasteiger partial charge on any atom is -0.478 e. The molecule has 6 nitrogen and oxygen atoms in total. The molecule has 7 heteroatoms. The predicted octanol–water partition coefficient (Wildman–Crippen LogP) is 6.81. The minimum absolute atomic E-state index is 0.191. The summed E-state index contributed by atoms with van der Waals surface area (Å²) in [6, 6.07) is 20.7. The third-order valence-corrected chi connectivity index (χ3v) is 7.12. The SMILES string of the molecule is CCN(CC)c1ccc(/C(=C(\C)c2nc3ccccc3s2)c2ccccc2C(=O)O)c(OC=N)c1. The van der Waals surface area contributed by atoms with Crippen LogP contribution in [0.1, 0.15) is 47.3 Å². The van der Waals surface area contributed by atoms with Gasteiger partial charge in [0.1, 0.15) is 10.8 Å². The van der Waals surface area contributed by atoms with Crippen molar-refractivity contribution < 1.29 is 14.6 Å². The number of para-hydroxylation sites is 1. The maximum atomic E-state index is 12.2. The van der Waals surface area contributed by atoms with Gasteiger partial charge in [0.05, 0.1) is 15.8 Å². The molecule has 0 aliphatic rings. The van der Waals surface area contributed by atoms with Gasteiger partial charge in [-0.3, -0.25) is 5.41 Å². The Balaban J connectivity index is 2.03. The third kappa shape index (κ3) is 4.81. The zero-order valence-corrected chi connectivity index (χ0v) is 20.7. The first-order valence-electron chi connectivity index (χ1n) is 11.4. The number of hydrogen-bond donors (Lipinski definition) is 2. The van der Waals surface area contributed by atoms with Crippen LogP contribution < -0.4 is 9.64 Å². The summed E-state index contributed by atoms with van der Waals surface area (Å²) in [5.41, 5.74) is 4.88. The van der Waals surface area contributed by atoms with Crippen molar-refractivity contribution in [1.29, 1.82) is 5.41 Å². The van der Waals surface area contributed by atoms with Crippen molar-refractivity contribution in [1.82, 2.24) is 4.98 Å². The molecule has 3 aromatic carbocycles. The van der Waals surface area contributed by atoms with E-state index in [1.165, 1.54) is 0 Å². The van der Waals surface area contributed by atoms with E-state index in [2.05, 4.69) is 18.7 Å². The molecule has 35 heavy (non-hydrogen) atoms. The van der Waals surface area contributed by atoms with Crippen LogP contribution in [0.5, 0.6) is 5.75 Å². The topological polar surface area (TPSA) is 86.5 Å². The van der Waals surface area contributed by atoms with E-state index in [1.54, 1.807) is 23.5 Å². The van der Waals surface area contributed by atoms with E-state index in [-0.39, 0.29) is 5.56 Å². The standard InChI is InChI=1S/C28H27N3O3S/c1-4-31(5-2)19-14-15-22(24(16-19)34-17-29)26(20-10-6-7-11-21(20)28(32)33)18(3)27-30-23-12-8-9-13-25(23)35-27/h6-17,29H,4-5H2,1-3H3,(H,32,33)/b26-18+,29-17?. The van der Waals surface area contributed by atoms with Crippen molar-refractivity contribution in [3.8, 4) is 5.75 Å². The molecule has 0 saturated heterocycles. The first-order chi connectivity index (χ1) is 17.0. The van der Waals surface area contributed by atoms with Crippen LogP contribution >= 0.6 is 11.3 Å². The summed E-state index contributed by atoms with van der Waals surface area (Å²) in [6.45, 7) is 7.78. The number of thiazole rings is 1. The quantitative estimate of drug-likeness (QED) is 0.201. The molecule has 0 radical (unpaired) electrons. The van der Waals surface area contributed by atoms with Crippen LogP contribution in [0.25, 0.3) is 21.4 Å². The molecule has 0 aliphatic heterocycles. The van der Waals surface area contributed by atoms with Gasteiger partial charge in [-0.1, -0.05) is 30.3 Å². The molecule has 0 fully saturated rings. The van der Waals surface area contributed by atoms with E-state index in [1.807, 2.05) is 61.5 Å². The van der Waals surface area contributed by atoms with Gasteiger partial charge in [-0.2, -0.15) is 0 Å². The highest BCUT2D eigenvalue weighted by atomic mass is 32.1. The molecule has 1 heterocycles. The highest BCUT2D eigenvalue weighted by molar-refractivity contribution is 7.19. The Kier molecular flexibility index (Phi) is 7.27. The van der Waals surface area contributed by atoms with E-state index >= 15 is 0 Å². The number of carboxylic acid groups (broad SMARTS) is 1. The predicted molar refractivity (Wildman–Crippen MR) is 144 cm³/mol. The van der Waals surface area contributed by atoms with Crippen LogP contribution in [0.4, 0.5) is 5.69 Å². The second kappa shape index (κ2) is 10.5. The van der Waals surface area contributed by atoms with E-state index in [0.717, 1.165) is 46.0 Å². The number of aromatic carboxylic acids is 1. The third-order valence-electron chi connectivity index (χ3n) is 5.97. The van der Waals surface area contributed by atoms with Crippen LogP contribution in [-0.2, 0) is 0 Å². The number of aromatic nitrogens is 1. The molecule has 0 bridgehead atoms. The largest absolute Gasteiger partial charge is 0.478 e. The fourth-order valence-corrected chi connectivity index (χ4v) is 5.21. The zero-order chi connectivity index (χ0) is 24.9. The summed E-state index contributed by atoms with van der Waals surface area (Å²) in [5, 5.41) is 18.4. The Labute approximate surface area is 208 Å². The summed E-state index contributed by atoms with van der Waals surface area (Å²) >= 11 is 1.56. The molecule has 0 spiro atoms. The van der Waals surface area contributed by atoms with E-state index in [0.29, 0.717) is 22.4 Å². The van der Waals surface area contributed by atoms with Crippen LogP contribution in [0, 0.1) is 5.41 Å². The lowest BCUT2D eigenvalue weighted by atomic mass is 9.89. The number of benzene rings is 3. The average Bonchev–Trinajstić information content (AvgIpc) is 3.31. The highest BCUT2D eigenvalue weighted by Crippen LogP contribution is 2.41. The molecule has 0 amide bonds. The van der Waals surface area contributed by atoms with Crippen molar-refractivity contribution in [3.63, 3.8) is 0 Å². The van der Waals surface area contributed by atoms with Crippen LogP contribution in [0.2, 0.25) is 0 Å². The molecule has 0 saturated carbocycles. The minimum atomic E-state index is -1.01. The Bertz CT molecular complexity index is 1390. The van der Waals surface area contributed by atoms with E-state index in [4.69, 9.17) is 15.1 Å². The van der Waals surface area contributed by atoms with Gasteiger partial charge in [-0.25, -0.2) is 9.78 Å². The Morgan fingerprint density at radius 1 is 1.03 bits per heavy atom. The second-order valence-electron chi connectivity index (χ2n) is 7.93. The van der Waals surface area contributed by atoms with Gasteiger partial charge in [-0.15, -0.1) is 11.3 Å². The van der Waals surface area contributed by atoms with Crippen molar-refractivity contribution >= 4 is 50.8 Å². The van der Waals surface area contributed by atoms with E-state index < -0.39 is 5.97 Å². The number of nitrogens with one attached hydrogen (secondary N) is 1. The number of allylic oxidation sites excluding steroid dienone is 1. The fourth-order valence-electron chi connectivity index (χ4n) is 4.24. The Morgan fingerprint density at radius 3 is 2.37 bits per heavy atom. The summed E-state index contributed by atoms with van der Waals surface area (Å²) in [6.07, 6.45) is 0.901. The molecule has 0 atom stereocenters. The molecule has 4 aromatic rings. The van der Waals surface area contributed by atoms with Crippen molar-refractivity contribution in [3.05, 3.63) is 88.4 Å². The van der Waals surface area contributed by atoms with Crippen molar-refractivity contribution in [2.75, 3.05) is 18.0 Å². The summed E-state index contributed by atoms with van der Waals surface area (Å²) in [7, 11) is 0. The number of nitrogens with zero attached hydrogens (tertiary/aromatic N) is 2. The van der Waals surface area contributed by atoms with Gasteiger partial charge < -0.3 is 14.7 Å². The fraction of sp³-hybridized carbons (Fsp3) is 0.179. The lowest BCUT2D eigenvalue weighted by molar-refractivity contribution is 0.0696. The molecule has 2 N–H and O–H groups in total. The summed E-state index contributed by atoms with van der Waals surface area (Å²) < 4.78 is 6.74. The van der Waals surface area contributed by atoms with E-state index in [9.17, 15) is 9.90 Å². The molecule has 1 aromatic heterocycles. The number of fused-ring (bicyclic) bond motifs is 1. The van der Waals surface area contributed by atoms with Crippen LogP contribution in [0.15, 0.2) is 66.7 Å². The number of ether oxygens (including phenoxy) is 1. The normalized spacial score (nSPS) is 11.7. The average molecular weight is 486 g/mol. The van der Waals surface area contributed by atoms with Crippen LogP contribution in [-0.4, -0.2) is 35.5 Å². The maximum Gasteiger partial charge on any atom is 0.336 e. The highest BCUT2D eigenvalue weighted by Gasteiger charge is 2.22. The Hall–Kier alpha value is -3.97. The molecule has 0 unspecified atom stereocenters. The lowest BCUT2D eigenvalue weighted by Crippen LogP contribution is -2.21. The van der Waals surface area contributed by atoms with Gasteiger partial charge in [0.25, 0.3) is 0 Å². The monoisotopic (exact) mass is 485 g/mol. The van der Waals surface area contributed by atoms with Gasteiger partial charge in [0.2, 0.25) is 0 Å². The molecule has 0 aliphatic carbocycles. The molecule has 178 valence electrons. The molecular formula is C28H27N3O3S. The number of anilines is 1. The number of carboxylic acids is 1. The van der Waals surface area contributed by atoms with Crippen LogP contribution in [0.3, 0.4) is 0 Å². The first kappa shape index (κ1) is 24.2. The summed E-state index contributed by atoms with van der Waals surface area (Å²) in [4.78, 5) is 19.2. The number of rotatable bonds is 9. The Morgan fingerprint density at radius 2 is 1.71 bits per heavy atom. The molecule has 4 rings (SSSR count). The number of hydrogen-bond acceptors (Lipinski definition) is 6. The second-order valence-corrected chi connectivity index (χ2v) is 8.96. The lowest BCUT2D eigenvalue weighted by Gasteiger charge is -2.23. The maximum absolute atomic E-state index is 12.2. The number of carbonyl (C=O) groups is 1. The van der Waals surface area contributed by atoms with Crippen molar-refractivity contribution in [2.24, 2.45) is 0 Å².